The number of carbonyl (C=O) groups is 1. The molecule has 25 heavy (non-hydrogen) atoms. The number of amides is 1. The number of hydrogen-bond acceptors (Lipinski definition) is 4. The van der Waals surface area contributed by atoms with Crippen LogP contribution >= 0.6 is 11.6 Å². The molecule has 0 saturated heterocycles. The molecular formula is C19H22ClNO4. The SMILES string of the molecule is CO[C@@H]1OC=C(C(=O)Nc2ccc(Cl)cc2)[C@@]2(C)CC=C(CO)[C@@]12C. The van der Waals surface area contributed by atoms with Crippen molar-refractivity contribution in [2.75, 3.05) is 19.0 Å². The topological polar surface area (TPSA) is 67.8 Å². The monoisotopic (exact) mass is 363 g/mol. The highest BCUT2D eigenvalue weighted by atomic mass is 35.5. The van der Waals surface area contributed by atoms with Crippen LogP contribution in [0.15, 0.2) is 47.7 Å². The van der Waals surface area contributed by atoms with Gasteiger partial charge in [0, 0.05) is 23.2 Å². The van der Waals surface area contributed by atoms with Crippen molar-refractivity contribution in [3.05, 3.63) is 52.8 Å². The van der Waals surface area contributed by atoms with Crippen molar-refractivity contribution in [3.63, 3.8) is 0 Å². The molecule has 1 amide bonds. The third kappa shape index (κ3) is 2.67. The van der Waals surface area contributed by atoms with Crippen LogP contribution in [0.25, 0.3) is 0 Å². The van der Waals surface area contributed by atoms with Crippen LogP contribution in [0.2, 0.25) is 5.02 Å². The number of rotatable bonds is 4. The Morgan fingerprint density at radius 1 is 1.40 bits per heavy atom. The maximum atomic E-state index is 12.9. The molecule has 134 valence electrons. The van der Waals surface area contributed by atoms with Gasteiger partial charge < -0.3 is 19.9 Å². The van der Waals surface area contributed by atoms with E-state index in [1.54, 1.807) is 31.4 Å². The van der Waals surface area contributed by atoms with Gasteiger partial charge in [-0.1, -0.05) is 24.6 Å². The van der Waals surface area contributed by atoms with Gasteiger partial charge in [0.05, 0.1) is 23.9 Å². The fraction of sp³-hybridized carbons (Fsp3) is 0.421. The molecule has 3 atom stereocenters. The molecule has 0 fully saturated rings. The van der Waals surface area contributed by atoms with Crippen molar-refractivity contribution in [1.82, 2.24) is 0 Å². The van der Waals surface area contributed by atoms with E-state index in [0.29, 0.717) is 22.7 Å². The number of ether oxygens (including phenoxy) is 2. The standard InChI is InChI=1S/C19H22ClNO4/c1-18-9-8-12(10-22)19(18,2)17(24-3)25-11-15(18)16(23)21-14-6-4-13(20)5-7-14/h4-8,11,17,22H,9-10H2,1-3H3,(H,21,23)/t17-,18-,19+/m1/s1. The van der Waals surface area contributed by atoms with Gasteiger partial charge in [-0.15, -0.1) is 0 Å². The Morgan fingerprint density at radius 2 is 2.08 bits per heavy atom. The summed E-state index contributed by atoms with van der Waals surface area (Å²) in [6.45, 7) is 3.88. The fourth-order valence-electron chi connectivity index (χ4n) is 3.86. The molecule has 3 rings (SSSR count). The summed E-state index contributed by atoms with van der Waals surface area (Å²) in [6.07, 6.45) is 3.52. The third-order valence-electron chi connectivity index (χ3n) is 5.68. The van der Waals surface area contributed by atoms with Gasteiger partial charge in [-0.2, -0.15) is 0 Å². The second-order valence-electron chi connectivity index (χ2n) is 6.82. The first kappa shape index (κ1) is 18.0. The van der Waals surface area contributed by atoms with E-state index < -0.39 is 17.1 Å². The van der Waals surface area contributed by atoms with Crippen LogP contribution in [0.5, 0.6) is 0 Å². The summed E-state index contributed by atoms with van der Waals surface area (Å²) in [5.74, 6) is -0.238. The Bertz CT molecular complexity index is 742. The van der Waals surface area contributed by atoms with Crippen molar-refractivity contribution in [2.24, 2.45) is 10.8 Å². The Morgan fingerprint density at radius 3 is 2.68 bits per heavy atom. The highest BCUT2D eigenvalue weighted by Crippen LogP contribution is 2.61. The molecule has 1 heterocycles. The number of nitrogens with one attached hydrogen (secondary N) is 1. The van der Waals surface area contributed by atoms with Gasteiger partial charge in [-0.3, -0.25) is 4.79 Å². The van der Waals surface area contributed by atoms with Crippen molar-refractivity contribution in [2.45, 2.75) is 26.6 Å². The maximum Gasteiger partial charge on any atom is 0.255 e. The smallest absolute Gasteiger partial charge is 0.255 e. The predicted octanol–water partition coefficient (Wildman–Crippen LogP) is 3.50. The van der Waals surface area contributed by atoms with E-state index in [9.17, 15) is 9.90 Å². The number of carbonyl (C=O) groups excluding carboxylic acids is 1. The zero-order valence-corrected chi connectivity index (χ0v) is 15.3. The number of halogens is 1. The van der Waals surface area contributed by atoms with Crippen molar-refractivity contribution in [1.29, 1.82) is 0 Å². The summed E-state index contributed by atoms with van der Waals surface area (Å²) in [6, 6.07) is 6.93. The lowest BCUT2D eigenvalue weighted by Crippen LogP contribution is -2.52. The molecule has 6 heteroatoms. The normalized spacial score (nSPS) is 30.8. The predicted molar refractivity (Wildman–Crippen MR) is 96.0 cm³/mol. The van der Waals surface area contributed by atoms with Gasteiger partial charge in [0.15, 0.2) is 0 Å². The number of aliphatic hydroxyl groups excluding tert-OH is 1. The summed E-state index contributed by atoms with van der Waals surface area (Å²) in [5.41, 5.74) is 0.839. The first-order valence-corrected chi connectivity index (χ1v) is 8.51. The minimum absolute atomic E-state index is 0.0958. The number of hydrogen-bond donors (Lipinski definition) is 2. The maximum absolute atomic E-state index is 12.9. The Kier molecular flexibility index (Phi) is 4.66. The summed E-state index contributed by atoms with van der Waals surface area (Å²) in [4.78, 5) is 12.9. The number of allylic oxidation sites excluding steroid dienone is 1. The molecule has 0 bridgehead atoms. The molecule has 1 aliphatic carbocycles. The fourth-order valence-corrected chi connectivity index (χ4v) is 3.98. The zero-order chi connectivity index (χ0) is 18.2. The molecule has 1 aromatic rings. The Hall–Kier alpha value is -1.82. The number of anilines is 1. The van der Waals surface area contributed by atoms with Crippen molar-refractivity contribution in [3.8, 4) is 0 Å². The largest absolute Gasteiger partial charge is 0.471 e. The van der Waals surface area contributed by atoms with Crippen LogP contribution in [-0.4, -0.2) is 31.0 Å². The molecular weight excluding hydrogens is 342 g/mol. The van der Waals surface area contributed by atoms with E-state index in [0.717, 1.165) is 5.57 Å². The van der Waals surface area contributed by atoms with Gasteiger partial charge in [-0.25, -0.2) is 0 Å². The molecule has 5 nitrogen and oxygen atoms in total. The van der Waals surface area contributed by atoms with Crippen LogP contribution in [0.3, 0.4) is 0 Å². The number of benzene rings is 1. The van der Waals surface area contributed by atoms with Gasteiger partial charge in [0.2, 0.25) is 6.29 Å². The van der Waals surface area contributed by atoms with Crippen LogP contribution in [0.4, 0.5) is 5.69 Å². The Labute approximate surface area is 152 Å². The molecule has 0 saturated carbocycles. The average Bonchev–Trinajstić information content (AvgIpc) is 2.87. The lowest BCUT2D eigenvalue weighted by molar-refractivity contribution is -0.187. The van der Waals surface area contributed by atoms with Crippen LogP contribution in [0, 0.1) is 10.8 Å². The highest BCUT2D eigenvalue weighted by molar-refractivity contribution is 6.30. The summed E-state index contributed by atoms with van der Waals surface area (Å²) < 4.78 is 11.2. The van der Waals surface area contributed by atoms with E-state index in [2.05, 4.69) is 5.32 Å². The molecule has 2 N–H and O–H groups in total. The summed E-state index contributed by atoms with van der Waals surface area (Å²) in [5, 5.41) is 13.3. The summed E-state index contributed by atoms with van der Waals surface area (Å²) in [7, 11) is 1.57. The molecule has 0 radical (unpaired) electrons. The van der Waals surface area contributed by atoms with Gasteiger partial charge in [-0.05, 0) is 43.2 Å². The van der Waals surface area contributed by atoms with Crippen molar-refractivity contribution < 1.29 is 19.4 Å². The second-order valence-corrected chi connectivity index (χ2v) is 7.26. The Balaban J connectivity index is 1.93. The van der Waals surface area contributed by atoms with Gasteiger partial charge in [0.1, 0.15) is 0 Å². The minimum atomic E-state index is -0.627. The van der Waals surface area contributed by atoms with E-state index in [-0.39, 0.29) is 12.5 Å². The van der Waals surface area contributed by atoms with Crippen LogP contribution < -0.4 is 5.32 Å². The van der Waals surface area contributed by atoms with Crippen LogP contribution in [0.1, 0.15) is 20.3 Å². The molecule has 0 unspecified atom stereocenters. The quantitative estimate of drug-likeness (QED) is 0.803. The molecule has 0 aromatic heterocycles. The average molecular weight is 364 g/mol. The van der Waals surface area contributed by atoms with E-state index >= 15 is 0 Å². The van der Waals surface area contributed by atoms with E-state index in [4.69, 9.17) is 21.1 Å². The van der Waals surface area contributed by atoms with E-state index in [1.807, 2.05) is 19.9 Å². The molecule has 1 aliphatic heterocycles. The molecule has 1 aromatic carbocycles. The van der Waals surface area contributed by atoms with E-state index in [1.165, 1.54) is 6.26 Å². The van der Waals surface area contributed by atoms with Gasteiger partial charge in [0.25, 0.3) is 5.91 Å². The zero-order valence-electron chi connectivity index (χ0n) is 14.5. The third-order valence-corrected chi connectivity index (χ3v) is 5.93. The molecule has 0 spiro atoms. The lowest BCUT2D eigenvalue weighted by atomic mass is 9.59. The first-order valence-electron chi connectivity index (χ1n) is 8.13. The molecule has 2 aliphatic rings. The van der Waals surface area contributed by atoms with Crippen LogP contribution in [-0.2, 0) is 14.3 Å². The first-order chi connectivity index (χ1) is 11.9. The van der Waals surface area contributed by atoms with Crippen molar-refractivity contribution >= 4 is 23.2 Å². The lowest BCUT2D eigenvalue weighted by Gasteiger charge is -2.50. The number of aliphatic hydroxyl groups is 1. The second kappa shape index (κ2) is 6.48. The highest BCUT2D eigenvalue weighted by Gasteiger charge is 2.61. The number of fused-ring (bicyclic) bond motifs is 1. The minimum Gasteiger partial charge on any atom is -0.471 e. The summed E-state index contributed by atoms with van der Waals surface area (Å²) >= 11 is 5.89. The number of methoxy groups -OCH3 is 1. The van der Waals surface area contributed by atoms with Gasteiger partial charge >= 0.3 is 0 Å².